The molecule has 106 valence electrons. The van der Waals surface area contributed by atoms with Crippen LogP contribution in [0.25, 0.3) is 0 Å². The first-order valence-electron chi connectivity index (χ1n) is 7.88. The zero-order valence-electron chi connectivity index (χ0n) is 12.2. The second-order valence-corrected chi connectivity index (χ2v) is 7.27. The predicted molar refractivity (Wildman–Crippen MR) is 75.7 cm³/mol. The van der Waals surface area contributed by atoms with Crippen molar-refractivity contribution in [2.45, 2.75) is 58.8 Å². The van der Waals surface area contributed by atoms with Crippen LogP contribution >= 0.6 is 0 Å². The molecule has 0 bridgehead atoms. The molecule has 0 aliphatic heterocycles. The largest absolute Gasteiger partial charge is 0.395 e. The Morgan fingerprint density at radius 2 is 2.16 bits per heavy atom. The molecule has 4 unspecified atom stereocenters. The lowest BCUT2D eigenvalue weighted by molar-refractivity contribution is -0.132. The van der Waals surface area contributed by atoms with Crippen LogP contribution in [0.4, 0.5) is 0 Å². The molecule has 0 aromatic heterocycles. The number of aliphatic hydroxyl groups is 1. The van der Waals surface area contributed by atoms with Crippen LogP contribution in [0, 0.1) is 22.7 Å². The Morgan fingerprint density at radius 3 is 2.89 bits per heavy atom. The van der Waals surface area contributed by atoms with E-state index in [1.54, 1.807) is 0 Å². The molecular weight excluding hydrogens is 236 g/mol. The fraction of sp³-hybridized carbons (Fsp3) is 0.824. The van der Waals surface area contributed by atoms with Crippen molar-refractivity contribution in [3.63, 3.8) is 0 Å². The monoisotopic (exact) mass is 262 g/mol. The summed E-state index contributed by atoms with van der Waals surface area (Å²) in [6.07, 6.45) is 9.82. The minimum atomic E-state index is 0.0452. The molecule has 0 amide bonds. The minimum Gasteiger partial charge on any atom is -0.395 e. The highest BCUT2D eigenvalue weighted by molar-refractivity contribution is 5.82. The van der Waals surface area contributed by atoms with Crippen molar-refractivity contribution < 1.29 is 9.90 Å². The zero-order valence-corrected chi connectivity index (χ0v) is 12.2. The highest BCUT2D eigenvalue weighted by atomic mass is 16.3. The molecule has 0 spiro atoms. The number of ketones is 1. The zero-order chi connectivity index (χ0) is 13.7. The molecule has 0 radical (unpaired) electrons. The molecular formula is C17H26O2. The molecule has 3 aliphatic rings. The maximum atomic E-state index is 12.0. The Hall–Kier alpha value is -0.630. The Kier molecular flexibility index (Phi) is 3.12. The van der Waals surface area contributed by atoms with E-state index >= 15 is 0 Å². The molecule has 0 aromatic rings. The second kappa shape index (κ2) is 4.44. The van der Waals surface area contributed by atoms with Gasteiger partial charge < -0.3 is 5.11 Å². The average Bonchev–Trinajstić information content (AvgIpc) is 2.43. The summed E-state index contributed by atoms with van der Waals surface area (Å²) < 4.78 is 0. The number of carbonyl (C=O) groups excluding carboxylic acids is 1. The molecule has 2 saturated carbocycles. The van der Waals surface area contributed by atoms with Gasteiger partial charge in [-0.3, -0.25) is 4.79 Å². The van der Waals surface area contributed by atoms with Crippen LogP contribution in [0.2, 0.25) is 0 Å². The fourth-order valence-electron chi connectivity index (χ4n) is 5.29. The van der Waals surface area contributed by atoms with E-state index in [-0.39, 0.29) is 16.7 Å². The van der Waals surface area contributed by atoms with Gasteiger partial charge in [0.2, 0.25) is 0 Å². The Morgan fingerprint density at radius 1 is 1.37 bits per heavy atom. The third-order valence-electron chi connectivity index (χ3n) is 6.45. The summed E-state index contributed by atoms with van der Waals surface area (Å²) in [5, 5.41) is 9.99. The Bertz CT molecular complexity index is 425. The number of hydrogen-bond acceptors (Lipinski definition) is 2. The Labute approximate surface area is 116 Å². The average molecular weight is 262 g/mol. The van der Waals surface area contributed by atoms with Gasteiger partial charge >= 0.3 is 0 Å². The van der Waals surface area contributed by atoms with Crippen LogP contribution in [-0.4, -0.2) is 17.5 Å². The quantitative estimate of drug-likeness (QED) is 0.734. The first kappa shape index (κ1) is 13.4. The van der Waals surface area contributed by atoms with Gasteiger partial charge in [-0.2, -0.15) is 0 Å². The van der Waals surface area contributed by atoms with Crippen molar-refractivity contribution in [3.05, 3.63) is 11.6 Å². The van der Waals surface area contributed by atoms with Crippen molar-refractivity contribution in [2.24, 2.45) is 22.7 Å². The molecule has 4 atom stereocenters. The molecule has 2 heteroatoms. The van der Waals surface area contributed by atoms with E-state index in [0.717, 1.165) is 38.5 Å². The van der Waals surface area contributed by atoms with Gasteiger partial charge in [0.15, 0.2) is 0 Å². The fourth-order valence-corrected chi connectivity index (χ4v) is 5.29. The van der Waals surface area contributed by atoms with Gasteiger partial charge in [0, 0.05) is 17.8 Å². The normalized spacial score (nSPS) is 46.3. The predicted octanol–water partition coefficient (Wildman–Crippen LogP) is 3.49. The van der Waals surface area contributed by atoms with Gasteiger partial charge in [0.1, 0.15) is 5.78 Å². The number of allylic oxidation sites excluding steroid dienone is 1. The van der Waals surface area contributed by atoms with Gasteiger partial charge in [-0.25, -0.2) is 0 Å². The molecule has 0 heterocycles. The summed E-state index contributed by atoms with van der Waals surface area (Å²) in [7, 11) is 0. The van der Waals surface area contributed by atoms with Gasteiger partial charge in [-0.05, 0) is 49.9 Å². The Balaban J connectivity index is 2.03. The van der Waals surface area contributed by atoms with Gasteiger partial charge in [-0.15, -0.1) is 0 Å². The van der Waals surface area contributed by atoms with Crippen molar-refractivity contribution >= 4 is 5.78 Å². The van der Waals surface area contributed by atoms with Crippen LogP contribution in [0.1, 0.15) is 58.8 Å². The number of carbonyl (C=O) groups is 1. The molecule has 2 fully saturated rings. The van der Waals surface area contributed by atoms with E-state index in [9.17, 15) is 9.90 Å². The van der Waals surface area contributed by atoms with E-state index in [0.29, 0.717) is 18.3 Å². The van der Waals surface area contributed by atoms with E-state index < -0.39 is 0 Å². The lowest BCUT2D eigenvalue weighted by Crippen LogP contribution is -2.51. The summed E-state index contributed by atoms with van der Waals surface area (Å²) in [5.74, 6) is 1.16. The second-order valence-electron chi connectivity index (χ2n) is 7.27. The molecule has 0 saturated heterocycles. The van der Waals surface area contributed by atoms with Crippen LogP contribution < -0.4 is 0 Å². The highest BCUT2D eigenvalue weighted by Crippen LogP contribution is 2.62. The number of fused-ring (bicyclic) bond motifs is 3. The van der Waals surface area contributed by atoms with Crippen LogP contribution in [0.15, 0.2) is 11.6 Å². The van der Waals surface area contributed by atoms with E-state index in [2.05, 4.69) is 19.9 Å². The molecule has 19 heavy (non-hydrogen) atoms. The number of rotatable bonds is 1. The van der Waals surface area contributed by atoms with E-state index in [1.165, 1.54) is 12.0 Å². The standard InChI is InChI=1S/C17H26O2/c1-12-13-6-10-17(11-18)8-4-3-5-15(17)16(13,2)9-7-14(12)19/h5,12-13,18H,3-4,6-11H2,1-2H3. The number of Topliss-reactive ketones (excluding diaryl/α,β-unsaturated/α-hetero) is 1. The molecule has 0 aromatic carbocycles. The third-order valence-corrected chi connectivity index (χ3v) is 6.45. The third kappa shape index (κ3) is 1.75. The van der Waals surface area contributed by atoms with Crippen LogP contribution in [0.5, 0.6) is 0 Å². The summed E-state index contributed by atoms with van der Waals surface area (Å²) in [5.41, 5.74) is 1.71. The summed E-state index contributed by atoms with van der Waals surface area (Å²) in [4.78, 5) is 12.0. The van der Waals surface area contributed by atoms with Gasteiger partial charge in [-0.1, -0.05) is 25.5 Å². The van der Waals surface area contributed by atoms with Crippen LogP contribution in [-0.2, 0) is 4.79 Å². The highest BCUT2D eigenvalue weighted by Gasteiger charge is 2.55. The molecule has 3 aliphatic carbocycles. The minimum absolute atomic E-state index is 0.0452. The number of hydrogen-bond donors (Lipinski definition) is 1. The maximum Gasteiger partial charge on any atom is 0.136 e. The van der Waals surface area contributed by atoms with Crippen molar-refractivity contribution in [2.75, 3.05) is 6.61 Å². The molecule has 2 nitrogen and oxygen atoms in total. The van der Waals surface area contributed by atoms with Gasteiger partial charge in [0.25, 0.3) is 0 Å². The topological polar surface area (TPSA) is 37.3 Å². The lowest BCUT2D eigenvalue weighted by Gasteiger charge is -2.57. The van der Waals surface area contributed by atoms with Crippen LogP contribution in [0.3, 0.4) is 0 Å². The van der Waals surface area contributed by atoms with Crippen molar-refractivity contribution in [3.8, 4) is 0 Å². The first-order chi connectivity index (χ1) is 9.03. The summed E-state index contributed by atoms with van der Waals surface area (Å²) in [6, 6.07) is 0. The summed E-state index contributed by atoms with van der Waals surface area (Å²) in [6.45, 7) is 4.78. The SMILES string of the molecule is CC1C(=O)CCC2(C)C3=CCCCC3(CO)CCC12. The van der Waals surface area contributed by atoms with Gasteiger partial charge in [0.05, 0.1) is 6.61 Å². The maximum absolute atomic E-state index is 12.0. The molecule has 3 rings (SSSR count). The van der Waals surface area contributed by atoms with E-state index in [1.807, 2.05) is 0 Å². The first-order valence-corrected chi connectivity index (χ1v) is 7.88. The molecule has 1 N–H and O–H groups in total. The lowest BCUT2D eigenvalue weighted by atomic mass is 9.47. The van der Waals surface area contributed by atoms with E-state index in [4.69, 9.17) is 0 Å². The summed E-state index contributed by atoms with van der Waals surface area (Å²) >= 11 is 0. The smallest absolute Gasteiger partial charge is 0.136 e. The van der Waals surface area contributed by atoms with Crippen molar-refractivity contribution in [1.82, 2.24) is 0 Å². The van der Waals surface area contributed by atoms with Crippen molar-refractivity contribution in [1.29, 1.82) is 0 Å². The number of aliphatic hydroxyl groups excluding tert-OH is 1.